The number of hydrogen-bond donors (Lipinski definition) is 4. The molecule has 3 rings (SSSR count). The molecule has 2 heterocycles. The van der Waals surface area contributed by atoms with E-state index in [1.165, 1.54) is 24.5 Å². The Kier molecular flexibility index (Phi) is 5.98. The summed E-state index contributed by atoms with van der Waals surface area (Å²) < 4.78 is 26.5. The van der Waals surface area contributed by atoms with E-state index in [2.05, 4.69) is 4.98 Å². The van der Waals surface area contributed by atoms with Crippen LogP contribution in [0.3, 0.4) is 0 Å². The Labute approximate surface area is 145 Å². The van der Waals surface area contributed by atoms with Gasteiger partial charge in [-0.3, -0.25) is 0 Å². The number of pyridine rings is 1. The Hall–Kier alpha value is -2.17. The summed E-state index contributed by atoms with van der Waals surface area (Å²) in [6, 6.07) is 9.62. The molecule has 25 heavy (non-hydrogen) atoms. The first-order valence-electron chi connectivity index (χ1n) is 7.07. The monoisotopic (exact) mass is 361 g/mol. The minimum absolute atomic E-state index is 0. The normalized spacial score (nSPS) is 10.9. The Morgan fingerprint density at radius 1 is 1.12 bits per heavy atom. The molecule has 0 aliphatic heterocycles. The minimum atomic E-state index is -3.86. The molecule has 0 atom stereocenters. The van der Waals surface area contributed by atoms with Crippen molar-refractivity contribution in [3.63, 3.8) is 0 Å². The molecule has 11 heteroatoms. The van der Waals surface area contributed by atoms with Crippen molar-refractivity contribution < 1.29 is 28.5 Å². The molecular weight excluding hydrogens is 346 g/mol. The van der Waals surface area contributed by atoms with Crippen molar-refractivity contribution in [3.05, 3.63) is 54.4 Å². The van der Waals surface area contributed by atoms with Crippen LogP contribution in [-0.2, 0) is 10.0 Å². The zero-order chi connectivity index (χ0) is 18.6. The molecule has 0 fully saturated rings. The van der Waals surface area contributed by atoms with Crippen LogP contribution in [0.25, 0.3) is 11.0 Å². The van der Waals surface area contributed by atoms with Crippen molar-refractivity contribution in [1.29, 1.82) is 0 Å². The van der Waals surface area contributed by atoms with Crippen LogP contribution in [0.2, 0.25) is 0 Å². The number of fused-ring (bicyclic) bond motifs is 1. The first-order valence-corrected chi connectivity index (χ1v) is 8.51. The van der Waals surface area contributed by atoms with Gasteiger partial charge in [-0.05, 0) is 31.2 Å². The van der Waals surface area contributed by atoms with Crippen LogP contribution >= 0.6 is 0 Å². The van der Waals surface area contributed by atoms with Crippen molar-refractivity contribution in [1.82, 2.24) is 8.96 Å². The maximum absolute atomic E-state index is 12.8. The smallest absolute Gasteiger partial charge is 0.429 e. The lowest BCUT2D eigenvalue weighted by Gasteiger charge is -2.07. The molecule has 0 aliphatic carbocycles. The standard InChI is InChI=1S/C14H13BN2O4S.BH2O2/c1-10-4-6-11(7-5-10)22(20,21)17-9-13(15(18)19)12-3-2-8-16-14(12)17;2-1-3/h2-9,18-19H,1H3;2-3H. The number of hydrogen-bond acceptors (Lipinski definition) is 7. The summed E-state index contributed by atoms with van der Waals surface area (Å²) in [4.78, 5) is 4.17. The Morgan fingerprint density at radius 3 is 2.28 bits per heavy atom. The number of benzene rings is 1. The molecule has 0 amide bonds. The highest BCUT2D eigenvalue weighted by Crippen LogP contribution is 2.20. The van der Waals surface area contributed by atoms with E-state index in [4.69, 9.17) is 10.0 Å². The topological polar surface area (TPSA) is 133 Å². The SMILES string of the molecule is Cc1ccc(S(=O)(=O)n2cc(B(O)O)c3cccnc32)cc1.O[B]O. The Bertz CT molecular complexity index is 957. The van der Waals surface area contributed by atoms with E-state index in [0.29, 0.717) is 5.39 Å². The lowest BCUT2D eigenvalue weighted by atomic mass is 9.80. The van der Waals surface area contributed by atoms with Gasteiger partial charge in [-0.2, -0.15) is 0 Å². The predicted molar refractivity (Wildman–Crippen MR) is 93.5 cm³/mol. The molecule has 4 N–H and O–H groups in total. The highest BCUT2D eigenvalue weighted by Gasteiger charge is 2.25. The summed E-state index contributed by atoms with van der Waals surface area (Å²) in [5, 5.41) is 33.2. The Balaban J connectivity index is 0.000000701. The van der Waals surface area contributed by atoms with Crippen LogP contribution in [0, 0.1) is 6.92 Å². The molecule has 0 aliphatic rings. The lowest BCUT2D eigenvalue weighted by Crippen LogP contribution is -2.29. The van der Waals surface area contributed by atoms with Crippen LogP contribution in [0.4, 0.5) is 0 Å². The summed E-state index contributed by atoms with van der Waals surface area (Å²) in [5.41, 5.74) is 1.20. The maximum atomic E-state index is 12.8. The molecule has 0 spiro atoms. The fraction of sp³-hybridized carbons (Fsp3) is 0.0714. The second kappa shape index (κ2) is 7.81. The van der Waals surface area contributed by atoms with E-state index in [9.17, 15) is 18.5 Å². The Morgan fingerprint density at radius 2 is 1.72 bits per heavy atom. The van der Waals surface area contributed by atoms with Gasteiger partial charge >= 0.3 is 14.8 Å². The predicted octanol–water partition coefficient (Wildman–Crippen LogP) is -1.23. The van der Waals surface area contributed by atoms with E-state index >= 15 is 0 Å². The van der Waals surface area contributed by atoms with Gasteiger partial charge in [-0.25, -0.2) is 17.4 Å². The summed E-state index contributed by atoms with van der Waals surface area (Å²) in [6.07, 6.45) is 2.65. The zero-order valence-electron chi connectivity index (χ0n) is 13.2. The van der Waals surface area contributed by atoms with Crippen LogP contribution < -0.4 is 5.46 Å². The molecule has 0 bridgehead atoms. The molecule has 0 saturated carbocycles. The number of aryl methyl sites for hydroxylation is 1. The van der Waals surface area contributed by atoms with Crippen LogP contribution in [-0.4, -0.2) is 52.3 Å². The molecule has 0 saturated heterocycles. The third-order valence-corrected chi connectivity index (χ3v) is 5.08. The van der Waals surface area contributed by atoms with Crippen molar-refractivity contribution in [2.45, 2.75) is 11.8 Å². The van der Waals surface area contributed by atoms with Gasteiger partial charge in [-0.1, -0.05) is 17.7 Å². The molecule has 1 radical (unpaired) electrons. The van der Waals surface area contributed by atoms with Crippen LogP contribution in [0.15, 0.2) is 53.7 Å². The maximum Gasteiger partial charge on any atom is 0.490 e. The van der Waals surface area contributed by atoms with Crippen molar-refractivity contribution >= 4 is 41.3 Å². The van der Waals surface area contributed by atoms with E-state index in [0.717, 1.165) is 9.54 Å². The van der Waals surface area contributed by atoms with Crippen molar-refractivity contribution in [2.24, 2.45) is 0 Å². The van der Waals surface area contributed by atoms with Crippen LogP contribution in [0.1, 0.15) is 5.56 Å². The van der Waals surface area contributed by atoms with Gasteiger partial charge in [-0.15, -0.1) is 0 Å². The first kappa shape index (κ1) is 19.2. The van der Waals surface area contributed by atoms with Gasteiger partial charge in [0, 0.05) is 23.2 Å². The second-order valence-corrected chi connectivity index (χ2v) is 6.88. The van der Waals surface area contributed by atoms with Gasteiger partial charge in [0.2, 0.25) is 0 Å². The zero-order valence-corrected chi connectivity index (χ0v) is 14.0. The lowest BCUT2D eigenvalue weighted by molar-refractivity contribution is 0.426. The molecular formula is C14H15B2N2O6S. The molecule has 0 unspecified atom stereocenters. The molecule has 3 aromatic rings. The van der Waals surface area contributed by atoms with Gasteiger partial charge in [0.1, 0.15) is 0 Å². The highest BCUT2D eigenvalue weighted by molar-refractivity contribution is 7.90. The van der Waals surface area contributed by atoms with Gasteiger partial charge < -0.3 is 20.1 Å². The molecule has 2 aromatic heterocycles. The molecule has 1 aromatic carbocycles. The van der Waals surface area contributed by atoms with E-state index < -0.39 is 17.1 Å². The van der Waals surface area contributed by atoms with E-state index in [1.807, 2.05) is 6.92 Å². The van der Waals surface area contributed by atoms with Gasteiger partial charge in [0.05, 0.1) is 4.90 Å². The summed E-state index contributed by atoms with van der Waals surface area (Å²) in [6.45, 7) is 1.86. The summed E-state index contributed by atoms with van der Waals surface area (Å²) >= 11 is 0. The number of nitrogens with zero attached hydrogens (tertiary/aromatic N) is 2. The van der Waals surface area contributed by atoms with Gasteiger partial charge in [0.25, 0.3) is 10.0 Å². The largest absolute Gasteiger partial charge is 0.490 e. The average Bonchev–Trinajstić information content (AvgIpc) is 2.96. The summed E-state index contributed by atoms with van der Waals surface area (Å²) in [5.74, 6) is 0. The molecule has 129 valence electrons. The van der Waals surface area contributed by atoms with Crippen molar-refractivity contribution in [3.8, 4) is 0 Å². The van der Waals surface area contributed by atoms with Crippen LogP contribution in [0.5, 0.6) is 0 Å². The fourth-order valence-electron chi connectivity index (χ4n) is 2.27. The fourth-order valence-corrected chi connectivity index (χ4v) is 3.60. The third-order valence-electron chi connectivity index (χ3n) is 3.42. The quantitative estimate of drug-likeness (QED) is 0.429. The van der Waals surface area contributed by atoms with E-state index in [-0.39, 0.29) is 23.7 Å². The summed E-state index contributed by atoms with van der Waals surface area (Å²) in [7, 11) is -5.64. The minimum Gasteiger partial charge on any atom is -0.429 e. The number of aromatic nitrogens is 2. The van der Waals surface area contributed by atoms with Gasteiger partial charge in [0.15, 0.2) is 5.65 Å². The first-order chi connectivity index (χ1) is 11.8. The second-order valence-electron chi connectivity index (χ2n) is 5.06. The average molecular weight is 361 g/mol. The number of rotatable bonds is 3. The molecule has 8 nitrogen and oxygen atoms in total. The highest BCUT2D eigenvalue weighted by atomic mass is 32.2. The van der Waals surface area contributed by atoms with E-state index in [1.54, 1.807) is 24.3 Å². The third kappa shape index (κ3) is 3.91. The van der Waals surface area contributed by atoms with Crippen molar-refractivity contribution in [2.75, 3.05) is 0 Å².